The number of aryl methyl sites for hydroxylation is 2. The minimum Gasteiger partial charge on any atom is -0.323 e. The number of rotatable bonds is 3. The second kappa shape index (κ2) is 5.33. The van der Waals surface area contributed by atoms with Crippen LogP contribution in [0.3, 0.4) is 0 Å². The SMILES string of the molecule is Cc1cc(C(N)CC2CCCCC2)sc1C. The second-order valence-corrected chi connectivity index (χ2v) is 6.52. The van der Waals surface area contributed by atoms with Gasteiger partial charge in [0.1, 0.15) is 0 Å². The highest BCUT2D eigenvalue weighted by molar-refractivity contribution is 7.12. The lowest BCUT2D eigenvalue weighted by Crippen LogP contribution is -2.16. The molecule has 1 aliphatic carbocycles. The highest BCUT2D eigenvalue weighted by Crippen LogP contribution is 2.33. The first-order valence-corrected chi connectivity index (χ1v) is 7.31. The van der Waals surface area contributed by atoms with Gasteiger partial charge >= 0.3 is 0 Å². The van der Waals surface area contributed by atoms with Crippen LogP contribution >= 0.6 is 11.3 Å². The van der Waals surface area contributed by atoms with E-state index in [1.165, 1.54) is 53.8 Å². The van der Waals surface area contributed by atoms with Gasteiger partial charge in [0.2, 0.25) is 0 Å². The third kappa shape index (κ3) is 2.86. The molecule has 1 aromatic rings. The quantitative estimate of drug-likeness (QED) is 0.831. The van der Waals surface area contributed by atoms with Crippen molar-refractivity contribution in [1.82, 2.24) is 0 Å². The molecule has 0 saturated heterocycles. The standard InChI is InChI=1S/C14H23NS/c1-10-8-14(16-11(10)2)13(15)9-12-6-4-3-5-7-12/h8,12-13H,3-7,9,15H2,1-2H3. The van der Waals surface area contributed by atoms with Crippen LogP contribution in [-0.2, 0) is 0 Å². The minimum atomic E-state index is 0.278. The maximum absolute atomic E-state index is 6.32. The van der Waals surface area contributed by atoms with Crippen molar-refractivity contribution in [2.75, 3.05) is 0 Å². The van der Waals surface area contributed by atoms with Gasteiger partial charge in [0.15, 0.2) is 0 Å². The molecule has 1 heterocycles. The first-order chi connectivity index (χ1) is 7.66. The summed E-state index contributed by atoms with van der Waals surface area (Å²) in [6, 6.07) is 2.56. The van der Waals surface area contributed by atoms with Crippen molar-refractivity contribution in [1.29, 1.82) is 0 Å². The Kier molecular flexibility index (Phi) is 4.04. The van der Waals surface area contributed by atoms with E-state index in [9.17, 15) is 0 Å². The molecule has 0 aromatic carbocycles. The molecule has 1 aromatic heterocycles. The lowest BCUT2D eigenvalue weighted by molar-refractivity contribution is 0.320. The van der Waals surface area contributed by atoms with Crippen LogP contribution in [0.2, 0.25) is 0 Å². The molecule has 1 unspecified atom stereocenters. The van der Waals surface area contributed by atoms with Crippen molar-refractivity contribution in [2.24, 2.45) is 11.7 Å². The van der Waals surface area contributed by atoms with Gasteiger partial charge in [0.25, 0.3) is 0 Å². The molecule has 1 fully saturated rings. The molecule has 0 bridgehead atoms. The van der Waals surface area contributed by atoms with Gasteiger partial charge in [-0.15, -0.1) is 11.3 Å². The summed E-state index contributed by atoms with van der Waals surface area (Å²) >= 11 is 1.89. The molecule has 16 heavy (non-hydrogen) atoms. The molecular weight excluding hydrogens is 214 g/mol. The molecular formula is C14H23NS. The fourth-order valence-electron chi connectivity index (χ4n) is 2.68. The smallest absolute Gasteiger partial charge is 0.0392 e. The van der Waals surface area contributed by atoms with Crippen molar-refractivity contribution in [3.05, 3.63) is 21.4 Å². The summed E-state index contributed by atoms with van der Waals surface area (Å²) in [4.78, 5) is 2.81. The average Bonchev–Trinajstić information content (AvgIpc) is 2.61. The van der Waals surface area contributed by atoms with Crippen molar-refractivity contribution in [3.8, 4) is 0 Å². The van der Waals surface area contributed by atoms with Crippen LogP contribution in [0.4, 0.5) is 0 Å². The molecule has 0 aliphatic heterocycles. The van der Waals surface area contributed by atoms with Gasteiger partial charge in [-0.05, 0) is 37.8 Å². The highest BCUT2D eigenvalue weighted by Gasteiger charge is 2.19. The Morgan fingerprint density at radius 2 is 2.00 bits per heavy atom. The molecule has 1 saturated carbocycles. The molecule has 0 amide bonds. The fraction of sp³-hybridized carbons (Fsp3) is 0.714. The van der Waals surface area contributed by atoms with Gasteiger partial charge in [-0.1, -0.05) is 32.1 Å². The van der Waals surface area contributed by atoms with E-state index < -0.39 is 0 Å². The number of nitrogens with two attached hydrogens (primary N) is 1. The average molecular weight is 237 g/mol. The van der Waals surface area contributed by atoms with Gasteiger partial charge in [-0.3, -0.25) is 0 Å². The third-order valence-electron chi connectivity index (χ3n) is 3.86. The Bertz CT molecular complexity index is 317. The van der Waals surface area contributed by atoms with E-state index in [0.717, 1.165) is 5.92 Å². The Morgan fingerprint density at radius 1 is 1.31 bits per heavy atom. The molecule has 0 radical (unpaired) electrons. The predicted molar refractivity (Wildman–Crippen MR) is 71.9 cm³/mol. The van der Waals surface area contributed by atoms with Crippen molar-refractivity contribution < 1.29 is 0 Å². The number of hydrogen-bond acceptors (Lipinski definition) is 2. The summed E-state index contributed by atoms with van der Waals surface area (Å²) in [7, 11) is 0. The highest BCUT2D eigenvalue weighted by atomic mass is 32.1. The van der Waals surface area contributed by atoms with Crippen molar-refractivity contribution >= 4 is 11.3 Å². The normalized spacial score (nSPS) is 19.9. The predicted octanol–water partition coefficient (Wildman–Crippen LogP) is 4.34. The molecule has 1 nitrogen and oxygen atoms in total. The molecule has 1 aliphatic rings. The largest absolute Gasteiger partial charge is 0.323 e. The van der Waals surface area contributed by atoms with Crippen LogP contribution in [-0.4, -0.2) is 0 Å². The first kappa shape index (κ1) is 12.1. The molecule has 2 rings (SSSR count). The van der Waals surface area contributed by atoms with Crippen molar-refractivity contribution in [3.63, 3.8) is 0 Å². The molecule has 90 valence electrons. The maximum Gasteiger partial charge on any atom is 0.0392 e. The van der Waals surface area contributed by atoms with E-state index in [0.29, 0.717) is 0 Å². The monoisotopic (exact) mass is 237 g/mol. The van der Waals surface area contributed by atoms with Gasteiger partial charge in [0, 0.05) is 15.8 Å². The molecule has 2 N–H and O–H groups in total. The topological polar surface area (TPSA) is 26.0 Å². The summed E-state index contributed by atoms with van der Waals surface area (Å²) in [5.41, 5.74) is 7.72. The van der Waals surface area contributed by atoms with Gasteiger partial charge in [-0.25, -0.2) is 0 Å². The lowest BCUT2D eigenvalue weighted by atomic mass is 9.85. The lowest BCUT2D eigenvalue weighted by Gasteiger charge is -2.24. The Labute approximate surface area is 103 Å². The third-order valence-corrected chi connectivity index (χ3v) is 5.15. The summed E-state index contributed by atoms with van der Waals surface area (Å²) < 4.78 is 0. The minimum absolute atomic E-state index is 0.278. The van der Waals surface area contributed by atoms with Gasteiger partial charge in [0.05, 0.1) is 0 Å². The fourth-order valence-corrected chi connectivity index (χ4v) is 3.74. The summed E-state index contributed by atoms with van der Waals surface area (Å²) in [6.07, 6.45) is 8.26. The molecule has 1 atom stereocenters. The van der Waals surface area contributed by atoms with Crippen LogP contribution in [0, 0.1) is 19.8 Å². The maximum atomic E-state index is 6.32. The number of thiophene rings is 1. The first-order valence-electron chi connectivity index (χ1n) is 6.49. The molecule has 0 spiro atoms. The van der Waals surface area contributed by atoms with Gasteiger partial charge < -0.3 is 5.73 Å². The van der Waals surface area contributed by atoms with Crippen LogP contribution in [0.15, 0.2) is 6.07 Å². The Hall–Kier alpha value is -0.340. The zero-order valence-electron chi connectivity index (χ0n) is 10.5. The summed E-state index contributed by atoms with van der Waals surface area (Å²) in [6.45, 7) is 4.37. The van der Waals surface area contributed by atoms with Crippen LogP contribution < -0.4 is 5.73 Å². The number of hydrogen-bond donors (Lipinski definition) is 1. The van der Waals surface area contributed by atoms with Crippen LogP contribution in [0.1, 0.15) is 59.9 Å². The van der Waals surface area contributed by atoms with Crippen molar-refractivity contribution in [2.45, 2.75) is 58.4 Å². The van der Waals surface area contributed by atoms with E-state index in [1.807, 2.05) is 11.3 Å². The van der Waals surface area contributed by atoms with E-state index in [1.54, 1.807) is 0 Å². The summed E-state index contributed by atoms with van der Waals surface area (Å²) in [5.74, 6) is 0.881. The Morgan fingerprint density at radius 3 is 2.56 bits per heavy atom. The van der Waals surface area contributed by atoms with Crippen LogP contribution in [0.5, 0.6) is 0 Å². The van der Waals surface area contributed by atoms with E-state index in [-0.39, 0.29) is 6.04 Å². The Balaban J connectivity index is 1.93. The molecule has 2 heteroatoms. The van der Waals surface area contributed by atoms with E-state index in [2.05, 4.69) is 19.9 Å². The van der Waals surface area contributed by atoms with E-state index >= 15 is 0 Å². The summed E-state index contributed by atoms with van der Waals surface area (Å²) in [5, 5.41) is 0. The zero-order chi connectivity index (χ0) is 11.5. The van der Waals surface area contributed by atoms with Crippen LogP contribution in [0.25, 0.3) is 0 Å². The van der Waals surface area contributed by atoms with Gasteiger partial charge in [-0.2, -0.15) is 0 Å². The zero-order valence-corrected chi connectivity index (χ0v) is 11.3. The second-order valence-electron chi connectivity index (χ2n) is 5.23. The van der Waals surface area contributed by atoms with E-state index in [4.69, 9.17) is 5.73 Å².